The standard InChI is InChI=1S/C15H16N2O/c18-13-4-3-9-17(11-13)10-12-7-8-16-15-6-2-1-5-14(12)15/h1-2,5-8H,3-4,9-11H2. The monoisotopic (exact) mass is 240 g/mol. The van der Waals surface area contributed by atoms with Gasteiger partial charge in [-0.25, -0.2) is 0 Å². The van der Waals surface area contributed by atoms with Crippen molar-refractivity contribution in [2.75, 3.05) is 13.1 Å². The lowest BCUT2D eigenvalue weighted by molar-refractivity contribution is -0.122. The van der Waals surface area contributed by atoms with Gasteiger partial charge >= 0.3 is 0 Å². The average molecular weight is 240 g/mol. The van der Waals surface area contributed by atoms with Crippen LogP contribution in [0, 0.1) is 0 Å². The summed E-state index contributed by atoms with van der Waals surface area (Å²) in [4.78, 5) is 18.1. The summed E-state index contributed by atoms with van der Waals surface area (Å²) >= 11 is 0. The Hall–Kier alpha value is -1.74. The number of hydrogen-bond donors (Lipinski definition) is 0. The Kier molecular flexibility index (Phi) is 3.07. The fourth-order valence-electron chi connectivity index (χ4n) is 2.58. The second-order valence-electron chi connectivity index (χ2n) is 4.84. The van der Waals surface area contributed by atoms with Crippen LogP contribution in [0.5, 0.6) is 0 Å². The molecule has 0 amide bonds. The van der Waals surface area contributed by atoms with Crippen LogP contribution in [0.1, 0.15) is 18.4 Å². The molecule has 3 heteroatoms. The lowest BCUT2D eigenvalue weighted by atomic mass is 10.1. The van der Waals surface area contributed by atoms with Gasteiger partial charge in [0.1, 0.15) is 5.78 Å². The molecule has 0 atom stereocenters. The van der Waals surface area contributed by atoms with Crippen LogP contribution in [0.4, 0.5) is 0 Å². The Labute approximate surface area is 106 Å². The number of piperidine rings is 1. The second kappa shape index (κ2) is 4.86. The van der Waals surface area contributed by atoms with E-state index in [1.54, 1.807) is 0 Å². The SMILES string of the molecule is O=C1CCCN(Cc2ccnc3ccccc23)C1. The molecule has 1 saturated heterocycles. The van der Waals surface area contributed by atoms with Gasteiger partial charge in [-0.2, -0.15) is 0 Å². The summed E-state index contributed by atoms with van der Waals surface area (Å²) in [6, 6.07) is 10.2. The van der Waals surface area contributed by atoms with Crippen molar-refractivity contribution in [1.29, 1.82) is 0 Å². The third kappa shape index (κ3) is 2.27. The molecular formula is C15H16N2O. The summed E-state index contributed by atoms with van der Waals surface area (Å²) in [7, 11) is 0. The zero-order valence-electron chi connectivity index (χ0n) is 10.3. The van der Waals surface area contributed by atoms with Gasteiger partial charge in [-0.15, -0.1) is 0 Å². The molecule has 3 rings (SSSR count). The third-order valence-corrected chi connectivity index (χ3v) is 3.46. The maximum atomic E-state index is 11.5. The number of fused-ring (bicyclic) bond motifs is 1. The van der Waals surface area contributed by atoms with Gasteiger partial charge in [0.2, 0.25) is 0 Å². The quantitative estimate of drug-likeness (QED) is 0.808. The molecule has 1 aliphatic heterocycles. The first-order chi connectivity index (χ1) is 8.83. The van der Waals surface area contributed by atoms with Crippen molar-refractivity contribution in [3.8, 4) is 0 Å². The van der Waals surface area contributed by atoms with Gasteiger partial charge in [-0.3, -0.25) is 14.7 Å². The maximum absolute atomic E-state index is 11.5. The molecule has 92 valence electrons. The minimum Gasteiger partial charge on any atom is -0.298 e. The highest BCUT2D eigenvalue weighted by atomic mass is 16.1. The fourth-order valence-corrected chi connectivity index (χ4v) is 2.58. The Morgan fingerprint density at radius 2 is 2.11 bits per heavy atom. The van der Waals surface area contributed by atoms with Crippen LogP contribution in [0.3, 0.4) is 0 Å². The Bertz CT molecular complexity index is 574. The molecule has 0 unspecified atom stereocenters. The minimum absolute atomic E-state index is 0.361. The van der Waals surface area contributed by atoms with Gasteiger partial charge in [-0.05, 0) is 30.7 Å². The van der Waals surface area contributed by atoms with Crippen molar-refractivity contribution in [3.05, 3.63) is 42.1 Å². The molecule has 1 aromatic heterocycles. The molecule has 0 N–H and O–H groups in total. The summed E-state index contributed by atoms with van der Waals surface area (Å²) in [5.41, 5.74) is 2.29. The van der Waals surface area contributed by atoms with Crippen LogP contribution in [0.2, 0.25) is 0 Å². The summed E-state index contributed by atoms with van der Waals surface area (Å²) < 4.78 is 0. The smallest absolute Gasteiger partial charge is 0.146 e. The number of rotatable bonds is 2. The molecule has 0 radical (unpaired) electrons. The molecule has 18 heavy (non-hydrogen) atoms. The van der Waals surface area contributed by atoms with E-state index in [9.17, 15) is 4.79 Å². The van der Waals surface area contributed by atoms with Crippen molar-refractivity contribution in [1.82, 2.24) is 9.88 Å². The molecule has 3 nitrogen and oxygen atoms in total. The number of carbonyl (C=O) groups excluding carboxylic acids is 1. The number of ketones is 1. The predicted octanol–water partition coefficient (Wildman–Crippen LogP) is 2.40. The van der Waals surface area contributed by atoms with Crippen LogP contribution in [0.25, 0.3) is 10.9 Å². The normalized spacial score (nSPS) is 17.2. The van der Waals surface area contributed by atoms with E-state index < -0.39 is 0 Å². The number of carbonyl (C=O) groups is 1. The third-order valence-electron chi connectivity index (χ3n) is 3.46. The molecule has 1 aromatic carbocycles. The van der Waals surface area contributed by atoms with Gasteiger partial charge in [0.05, 0.1) is 12.1 Å². The van der Waals surface area contributed by atoms with Crippen LogP contribution >= 0.6 is 0 Å². The largest absolute Gasteiger partial charge is 0.298 e. The van der Waals surface area contributed by atoms with Gasteiger partial charge in [0.15, 0.2) is 0 Å². The zero-order valence-corrected chi connectivity index (χ0v) is 10.3. The number of likely N-dealkylation sites (tertiary alicyclic amines) is 1. The summed E-state index contributed by atoms with van der Waals surface area (Å²) in [6.07, 6.45) is 3.58. The number of para-hydroxylation sites is 1. The van der Waals surface area contributed by atoms with Crippen LogP contribution in [-0.4, -0.2) is 28.8 Å². The molecule has 1 fully saturated rings. The number of benzene rings is 1. The van der Waals surface area contributed by atoms with Crippen molar-refractivity contribution < 1.29 is 4.79 Å². The Morgan fingerprint density at radius 1 is 1.22 bits per heavy atom. The molecule has 0 saturated carbocycles. The average Bonchev–Trinajstić information content (AvgIpc) is 2.39. The van der Waals surface area contributed by atoms with Gasteiger partial charge in [0.25, 0.3) is 0 Å². The highest BCUT2D eigenvalue weighted by molar-refractivity contribution is 5.82. The van der Waals surface area contributed by atoms with E-state index >= 15 is 0 Å². The highest BCUT2D eigenvalue weighted by Gasteiger charge is 2.17. The fraction of sp³-hybridized carbons (Fsp3) is 0.333. The first-order valence-electron chi connectivity index (χ1n) is 6.39. The van der Waals surface area contributed by atoms with E-state index in [0.717, 1.165) is 31.4 Å². The molecule has 0 bridgehead atoms. The zero-order chi connectivity index (χ0) is 12.4. The highest BCUT2D eigenvalue weighted by Crippen LogP contribution is 2.19. The number of Topliss-reactive ketones (excluding diaryl/α,β-unsaturated/α-hetero) is 1. The van der Waals surface area contributed by atoms with Gasteiger partial charge in [-0.1, -0.05) is 18.2 Å². The van der Waals surface area contributed by atoms with Crippen molar-refractivity contribution in [2.45, 2.75) is 19.4 Å². The molecule has 1 aliphatic rings. The predicted molar refractivity (Wildman–Crippen MR) is 71.3 cm³/mol. The van der Waals surface area contributed by atoms with Crippen LogP contribution < -0.4 is 0 Å². The summed E-state index contributed by atoms with van der Waals surface area (Å²) in [5.74, 6) is 0.361. The molecule has 0 aliphatic carbocycles. The Balaban J connectivity index is 1.88. The number of aromatic nitrogens is 1. The van der Waals surface area contributed by atoms with Gasteiger partial charge in [0, 0.05) is 24.5 Å². The lowest BCUT2D eigenvalue weighted by Gasteiger charge is -2.25. The maximum Gasteiger partial charge on any atom is 0.146 e. The van der Waals surface area contributed by atoms with Crippen molar-refractivity contribution in [2.24, 2.45) is 0 Å². The Morgan fingerprint density at radius 3 is 3.00 bits per heavy atom. The summed E-state index contributed by atoms with van der Waals surface area (Å²) in [5, 5.41) is 1.19. The first kappa shape index (κ1) is 11.4. The molecule has 2 heterocycles. The van der Waals surface area contributed by atoms with E-state index in [1.807, 2.05) is 24.4 Å². The van der Waals surface area contributed by atoms with E-state index in [0.29, 0.717) is 12.3 Å². The summed E-state index contributed by atoms with van der Waals surface area (Å²) in [6.45, 7) is 2.45. The molecule has 0 spiro atoms. The van der Waals surface area contributed by atoms with E-state index in [1.165, 1.54) is 10.9 Å². The van der Waals surface area contributed by atoms with Crippen molar-refractivity contribution in [3.63, 3.8) is 0 Å². The van der Waals surface area contributed by atoms with E-state index in [2.05, 4.69) is 22.0 Å². The van der Waals surface area contributed by atoms with Crippen molar-refractivity contribution >= 4 is 16.7 Å². The number of pyridine rings is 1. The topological polar surface area (TPSA) is 33.2 Å². The van der Waals surface area contributed by atoms with Crippen LogP contribution in [0.15, 0.2) is 36.5 Å². The van der Waals surface area contributed by atoms with Gasteiger partial charge < -0.3 is 0 Å². The van der Waals surface area contributed by atoms with E-state index in [-0.39, 0.29) is 0 Å². The lowest BCUT2D eigenvalue weighted by Crippen LogP contribution is -2.35. The minimum atomic E-state index is 0.361. The van der Waals surface area contributed by atoms with E-state index in [4.69, 9.17) is 0 Å². The first-order valence-corrected chi connectivity index (χ1v) is 6.39. The molecular weight excluding hydrogens is 224 g/mol. The number of hydrogen-bond acceptors (Lipinski definition) is 3. The second-order valence-corrected chi connectivity index (χ2v) is 4.84. The van der Waals surface area contributed by atoms with Crippen LogP contribution in [-0.2, 0) is 11.3 Å². The number of nitrogens with zero attached hydrogens (tertiary/aromatic N) is 2. The molecule has 2 aromatic rings.